The van der Waals surface area contributed by atoms with Crippen LogP contribution in [-0.4, -0.2) is 85.5 Å². The molecule has 5 fully saturated rings. The number of carboxylic acid groups (broad SMARTS) is 1. The number of aliphatic hydroxyl groups excluding tert-OH is 5. The van der Waals surface area contributed by atoms with Gasteiger partial charge in [-0.25, -0.2) is 4.79 Å². The number of hydrogen-bond acceptors (Lipinski definition) is 9. The van der Waals surface area contributed by atoms with Crippen LogP contribution < -0.4 is 0 Å². The maximum atomic E-state index is 12.7. The van der Waals surface area contributed by atoms with Crippen molar-refractivity contribution in [3.8, 4) is 0 Å². The molecule has 5 aliphatic rings. The molecule has 10 nitrogen and oxygen atoms in total. The van der Waals surface area contributed by atoms with Crippen molar-refractivity contribution in [2.24, 2.45) is 46.3 Å². The summed E-state index contributed by atoms with van der Waals surface area (Å²) in [6.07, 6.45) is -1.13. The predicted molar refractivity (Wildman–Crippen MR) is 141 cm³/mol. The van der Waals surface area contributed by atoms with E-state index in [0.717, 1.165) is 51.4 Å². The van der Waals surface area contributed by atoms with Crippen LogP contribution in [-0.2, 0) is 19.1 Å². The summed E-state index contributed by atoms with van der Waals surface area (Å²) in [5.41, 5.74) is -0.0631. The molecule has 10 heteroatoms. The molecular weight excluding hydrogens is 520 g/mol. The maximum absolute atomic E-state index is 12.7. The molecule has 4 saturated carbocycles. The summed E-state index contributed by atoms with van der Waals surface area (Å²) in [5.74, 6) is 0.149. The predicted octanol–water partition coefficient (Wildman–Crippen LogP) is 1.83. The van der Waals surface area contributed by atoms with E-state index in [4.69, 9.17) is 9.47 Å². The van der Waals surface area contributed by atoms with E-state index in [-0.39, 0.29) is 35.2 Å². The number of hydrogen-bond donors (Lipinski definition) is 6. The molecule has 15 atom stereocenters. The van der Waals surface area contributed by atoms with E-state index in [2.05, 4.69) is 20.8 Å². The Balaban J connectivity index is 1.21. The van der Waals surface area contributed by atoms with Gasteiger partial charge in [-0.3, -0.25) is 4.79 Å². The Labute approximate surface area is 236 Å². The second kappa shape index (κ2) is 11.1. The van der Waals surface area contributed by atoms with Crippen molar-refractivity contribution in [1.82, 2.24) is 0 Å². The number of fused-ring (bicyclic) bond motifs is 5. The lowest BCUT2D eigenvalue weighted by atomic mass is 9.43. The Morgan fingerprint density at radius 3 is 2.35 bits per heavy atom. The molecule has 1 saturated heterocycles. The highest BCUT2D eigenvalue weighted by Crippen LogP contribution is 2.68. The molecule has 228 valence electrons. The molecule has 0 aromatic rings. The first kappa shape index (κ1) is 30.2. The molecular formula is C30H48O10. The summed E-state index contributed by atoms with van der Waals surface area (Å²) < 4.78 is 10.3. The van der Waals surface area contributed by atoms with Gasteiger partial charge in [0.15, 0.2) is 6.10 Å². The smallest absolute Gasteiger partial charge is 0.335 e. The number of carboxylic acids is 1. The van der Waals surface area contributed by atoms with Crippen molar-refractivity contribution < 1.29 is 49.7 Å². The number of carbonyl (C=O) groups is 2. The summed E-state index contributed by atoms with van der Waals surface area (Å²) in [4.78, 5) is 24.0. The zero-order valence-corrected chi connectivity index (χ0v) is 23.9. The summed E-state index contributed by atoms with van der Waals surface area (Å²) in [5, 5.41) is 61.2. The van der Waals surface area contributed by atoms with Crippen molar-refractivity contribution >= 4 is 11.9 Å². The lowest BCUT2D eigenvalue weighted by molar-refractivity contribution is -0.286. The SMILES string of the molecule is C[C@H](CCC(=O)O[C@@H]1O[C@H](C(=O)O)[C@@H](O)[C@H](O)[C@H]1O)[C@H]1CC[C@H]2C3CC[C@@H]4C[C@H](O)CC[C@]4(C)C3C[C@H](O)[C@]12C. The van der Waals surface area contributed by atoms with Gasteiger partial charge in [0, 0.05) is 6.42 Å². The van der Waals surface area contributed by atoms with Crippen LogP contribution in [0, 0.1) is 46.3 Å². The number of aliphatic hydroxyl groups is 5. The topological polar surface area (TPSA) is 174 Å². The molecule has 1 heterocycles. The van der Waals surface area contributed by atoms with Crippen LogP contribution in [0.5, 0.6) is 0 Å². The summed E-state index contributed by atoms with van der Waals surface area (Å²) >= 11 is 0. The Kier molecular flexibility index (Phi) is 8.36. The summed E-state index contributed by atoms with van der Waals surface area (Å²) in [6, 6.07) is 0. The van der Waals surface area contributed by atoms with Crippen molar-refractivity contribution in [3.63, 3.8) is 0 Å². The van der Waals surface area contributed by atoms with Gasteiger partial charge < -0.3 is 40.1 Å². The van der Waals surface area contributed by atoms with Crippen molar-refractivity contribution in [2.75, 3.05) is 0 Å². The van der Waals surface area contributed by atoms with E-state index in [1.807, 2.05) is 0 Å². The van der Waals surface area contributed by atoms with E-state index in [0.29, 0.717) is 30.1 Å². The minimum atomic E-state index is -1.85. The third-order valence-corrected chi connectivity index (χ3v) is 12.4. The van der Waals surface area contributed by atoms with Crippen LogP contribution in [0.2, 0.25) is 0 Å². The molecule has 0 radical (unpaired) electrons. The van der Waals surface area contributed by atoms with Gasteiger partial charge in [0.2, 0.25) is 6.29 Å². The normalized spacial score (nSPS) is 51.2. The monoisotopic (exact) mass is 568 g/mol. The molecule has 5 rings (SSSR count). The van der Waals surface area contributed by atoms with E-state index in [1.54, 1.807) is 0 Å². The highest BCUT2D eigenvalue weighted by Gasteiger charge is 2.63. The molecule has 4 aliphatic carbocycles. The van der Waals surface area contributed by atoms with Gasteiger partial charge in [-0.05, 0) is 104 Å². The van der Waals surface area contributed by atoms with Gasteiger partial charge in [0.1, 0.15) is 18.3 Å². The van der Waals surface area contributed by atoms with Gasteiger partial charge in [-0.15, -0.1) is 0 Å². The molecule has 40 heavy (non-hydrogen) atoms. The minimum Gasteiger partial charge on any atom is -0.479 e. The average molecular weight is 569 g/mol. The third kappa shape index (κ3) is 4.90. The zero-order chi connectivity index (χ0) is 29.1. The van der Waals surface area contributed by atoms with Crippen molar-refractivity contribution in [3.05, 3.63) is 0 Å². The Morgan fingerprint density at radius 1 is 0.925 bits per heavy atom. The largest absolute Gasteiger partial charge is 0.479 e. The summed E-state index contributed by atoms with van der Waals surface area (Å²) in [7, 11) is 0. The summed E-state index contributed by atoms with van der Waals surface area (Å²) in [6.45, 7) is 6.76. The molecule has 0 spiro atoms. The van der Waals surface area contributed by atoms with E-state index in [9.17, 15) is 40.2 Å². The van der Waals surface area contributed by atoms with Crippen LogP contribution in [0.1, 0.15) is 85.0 Å². The van der Waals surface area contributed by atoms with Gasteiger partial charge in [0.05, 0.1) is 12.2 Å². The first-order valence-corrected chi connectivity index (χ1v) is 15.3. The fourth-order valence-electron chi connectivity index (χ4n) is 10.0. The molecule has 0 bridgehead atoms. The van der Waals surface area contributed by atoms with E-state index < -0.39 is 48.7 Å². The van der Waals surface area contributed by atoms with E-state index >= 15 is 0 Å². The lowest BCUT2D eigenvalue weighted by Gasteiger charge is -2.62. The second-order valence-electron chi connectivity index (χ2n) is 14.1. The van der Waals surface area contributed by atoms with Crippen LogP contribution in [0.3, 0.4) is 0 Å². The zero-order valence-electron chi connectivity index (χ0n) is 23.9. The number of carbonyl (C=O) groups excluding carboxylic acids is 1. The van der Waals surface area contributed by atoms with Crippen LogP contribution >= 0.6 is 0 Å². The highest BCUT2D eigenvalue weighted by molar-refractivity contribution is 5.73. The fraction of sp³-hybridized carbons (Fsp3) is 0.933. The van der Waals surface area contributed by atoms with Gasteiger partial charge in [0.25, 0.3) is 0 Å². The van der Waals surface area contributed by atoms with Crippen LogP contribution in [0.4, 0.5) is 0 Å². The minimum absolute atomic E-state index is 0.0195. The third-order valence-electron chi connectivity index (χ3n) is 12.4. The standard InChI is InChI=1S/C30H48O10/c1-14(4-9-22(33)39-28-25(36)23(34)24(35)26(40-28)27(37)38)18-7-8-19-17-6-5-15-12-16(31)10-11-29(15,2)20(17)13-21(32)30(18,19)3/h14-21,23-26,28,31-32,34-36H,4-13H2,1-3H3,(H,37,38)/t14-,15-,16-,17?,18-,19+,20?,21+,23+,24+,25-,26+,28-,29+,30-/m1/s1. The molecule has 0 aromatic heterocycles. The number of aliphatic carboxylic acids is 1. The maximum Gasteiger partial charge on any atom is 0.335 e. The van der Waals surface area contributed by atoms with Crippen LogP contribution in [0.25, 0.3) is 0 Å². The number of esters is 1. The lowest BCUT2D eigenvalue weighted by Crippen LogP contribution is -2.60. The first-order chi connectivity index (χ1) is 18.8. The molecule has 6 N–H and O–H groups in total. The highest BCUT2D eigenvalue weighted by atomic mass is 16.7. The van der Waals surface area contributed by atoms with Gasteiger partial charge in [-0.1, -0.05) is 20.8 Å². The Bertz CT molecular complexity index is 959. The fourth-order valence-corrected chi connectivity index (χ4v) is 10.0. The van der Waals surface area contributed by atoms with Gasteiger partial charge in [-0.2, -0.15) is 0 Å². The average Bonchev–Trinajstić information content (AvgIpc) is 3.27. The second-order valence-corrected chi connectivity index (χ2v) is 14.1. The van der Waals surface area contributed by atoms with E-state index in [1.165, 1.54) is 0 Å². The Morgan fingerprint density at radius 2 is 1.65 bits per heavy atom. The number of rotatable bonds is 6. The first-order valence-electron chi connectivity index (χ1n) is 15.3. The quantitative estimate of drug-likeness (QED) is 0.259. The molecule has 0 aromatic carbocycles. The van der Waals surface area contributed by atoms with Crippen molar-refractivity contribution in [2.45, 2.75) is 128 Å². The van der Waals surface area contributed by atoms with Crippen molar-refractivity contribution in [1.29, 1.82) is 0 Å². The van der Waals surface area contributed by atoms with Crippen LogP contribution in [0.15, 0.2) is 0 Å². The van der Waals surface area contributed by atoms with Gasteiger partial charge >= 0.3 is 11.9 Å². The Hall–Kier alpha value is -1.30. The molecule has 1 aliphatic heterocycles. The molecule has 0 amide bonds. The molecule has 2 unspecified atom stereocenters. The number of ether oxygens (including phenoxy) is 2.